The highest BCUT2D eigenvalue weighted by Crippen LogP contribution is 2.25. The lowest BCUT2D eigenvalue weighted by molar-refractivity contribution is 0.240. The molecule has 1 N–H and O–H groups in total. The number of hydrogen-bond acceptors (Lipinski definition) is 2. The molecule has 0 heterocycles. The minimum Gasteiger partial charge on any atom is -0.491 e. The number of likely N-dealkylation sites (N-methyl/N-ethyl adjacent to an activating group) is 1. The normalized spacial score (nSPS) is 12.9. The van der Waals surface area contributed by atoms with Gasteiger partial charge in [-0.25, -0.2) is 0 Å². The number of nitrogens with one attached hydrogen (secondary N) is 1. The van der Waals surface area contributed by atoms with E-state index in [9.17, 15) is 0 Å². The number of rotatable bonds is 5. The summed E-state index contributed by atoms with van der Waals surface area (Å²) in [7, 11) is 1.98. The van der Waals surface area contributed by atoms with Crippen molar-refractivity contribution < 1.29 is 4.74 Å². The van der Waals surface area contributed by atoms with Crippen LogP contribution in [0.15, 0.2) is 42.5 Å². The van der Waals surface area contributed by atoms with E-state index in [0.717, 1.165) is 5.75 Å². The predicted octanol–water partition coefficient (Wildman–Crippen LogP) is 3.46. The van der Waals surface area contributed by atoms with E-state index in [1.165, 1.54) is 10.8 Å². The van der Waals surface area contributed by atoms with Gasteiger partial charge in [-0.1, -0.05) is 50.2 Å². The summed E-state index contributed by atoms with van der Waals surface area (Å²) in [5.41, 5.74) is 0. The van der Waals surface area contributed by atoms with Crippen molar-refractivity contribution in [2.24, 2.45) is 5.92 Å². The van der Waals surface area contributed by atoms with Gasteiger partial charge >= 0.3 is 0 Å². The standard InChI is InChI=1S/C16H21NO/c1-12(2)15(17-3)11-18-16-10-6-8-13-7-4-5-9-14(13)16/h4-10,12,15,17H,11H2,1-3H3. The predicted molar refractivity (Wildman–Crippen MR) is 77.1 cm³/mol. The highest BCUT2D eigenvalue weighted by atomic mass is 16.5. The molecule has 0 aliphatic carbocycles. The number of benzene rings is 2. The van der Waals surface area contributed by atoms with Crippen molar-refractivity contribution in [1.29, 1.82) is 0 Å². The molecule has 2 nitrogen and oxygen atoms in total. The molecule has 18 heavy (non-hydrogen) atoms. The quantitative estimate of drug-likeness (QED) is 0.868. The first kappa shape index (κ1) is 12.9. The molecule has 2 aromatic rings. The Morgan fingerprint density at radius 3 is 2.50 bits per heavy atom. The SMILES string of the molecule is CNC(COc1cccc2ccccc12)C(C)C. The molecule has 0 spiro atoms. The van der Waals surface area contributed by atoms with E-state index in [1.807, 2.05) is 25.2 Å². The molecule has 96 valence electrons. The van der Waals surface area contributed by atoms with Gasteiger partial charge in [0.05, 0.1) is 0 Å². The second-order valence-corrected chi connectivity index (χ2v) is 4.93. The van der Waals surface area contributed by atoms with Gasteiger partial charge in [-0.15, -0.1) is 0 Å². The van der Waals surface area contributed by atoms with Crippen molar-refractivity contribution in [1.82, 2.24) is 5.32 Å². The maximum Gasteiger partial charge on any atom is 0.127 e. The summed E-state index contributed by atoms with van der Waals surface area (Å²) in [4.78, 5) is 0. The Kier molecular flexibility index (Phi) is 4.21. The van der Waals surface area contributed by atoms with Crippen LogP contribution in [0, 0.1) is 5.92 Å². The van der Waals surface area contributed by atoms with E-state index in [2.05, 4.69) is 43.4 Å². The van der Waals surface area contributed by atoms with Crippen LogP contribution in [-0.4, -0.2) is 19.7 Å². The molecular formula is C16H21NO. The molecule has 0 amide bonds. The number of ether oxygens (including phenoxy) is 1. The van der Waals surface area contributed by atoms with Crippen LogP contribution in [0.25, 0.3) is 10.8 Å². The Labute approximate surface area is 109 Å². The smallest absolute Gasteiger partial charge is 0.127 e. The molecule has 1 atom stereocenters. The summed E-state index contributed by atoms with van der Waals surface area (Å²) in [6.07, 6.45) is 0. The Morgan fingerprint density at radius 2 is 1.78 bits per heavy atom. The van der Waals surface area contributed by atoms with Crippen LogP contribution in [0.1, 0.15) is 13.8 Å². The van der Waals surface area contributed by atoms with Crippen molar-refractivity contribution in [3.8, 4) is 5.75 Å². The van der Waals surface area contributed by atoms with Gasteiger partial charge in [0.15, 0.2) is 0 Å². The van der Waals surface area contributed by atoms with Crippen molar-refractivity contribution in [2.45, 2.75) is 19.9 Å². The summed E-state index contributed by atoms with van der Waals surface area (Å²) < 4.78 is 5.97. The Balaban J connectivity index is 2.17. The fraction of sp³-hybridized carbons (Fsp3) is 0.375. The third-order valence-electron chi connectivity index (χ3n) is 3.34. The first-order valence-electron chi connectivity index (χ1n) is 6.50. The molecule has 0 fully saturated rings. The molecule has 2 aromatic carbocycles. The van der Waals surface area contributed by atoms with Gasteiger partial charge < -0.3 is 10.1 Å². The van der Waals surface area contributed by atoms with Gasteiger partial charge in [-0.3, -0.25) is 0 Å². The summed E-state index contributed by atoms with van der Waals surface area (Å²) in [5, 5.41) is 5.70. The van der Waals surface area contributed by atoms with E-state index >= 15 is 0 Å². The lowest BCUT2D eigenvalue weighted by Gasteiger charge is -2.21. The lowest BCUT2D eigenvalue weighted by atomic mass is 10.1. The van der Waals surface area contributed by atoms with Crippen LogP contribution >= 0.6 is 0 Å². The molecule has 0 aliphatic rings. The minimum absolute atomic E-state index is 0.379. The minimum atomic E-state index is 0.379. The van der Waals surface area contributed by atoms with Gasteiger partial charge in [0.25, 0.3) is 0 Å². The van der Waals surface area contributed by atoms with E-state index in [0.29, 0.717) is 18.6 Å². The second-order valence-electron chi connectivity index (χ2n) is 4.93. The molecule has 0 aromatic heterocycles. The van der Waals surface area contributed by atoms with Crippen molar-refractivity contribution in [3.63, 3.8) is 0 Å². The van der Waals surface area contributed by atoms with E-state index < -0.39 is 0 Å². The van der Waals surface area contributed by atoms with Crippen LogP contribution in [0.2, 0.25) is 0 Å². The molecule has 1 unspecified atom stereocenters. The Morgan fingerprint density at radius 1 is 1.06 bits per heavy atom. The number of fused-ring (bicyclic) bond motifs is 1. The van der Waals surface area contributed by atoms with Crippen LogP contribution in [0.3, 0.4) is 0 Å². The van der Waals surface area contributed by atoms with Crippen LogP contribution in [-0.2, 0) is 0 Å². The zero-order valence-electron chi connectivity index (χ0n) is 11.3. The highest BCUT2D eigenvalue weighted by Gasteiger charge is 2.12. The van der Waals surface area contributed by atoms with E-state index in [4.69, 9.17) is 4.74 Å². The molecule has 0 aliphatic heterocycles. The Bertz CT molecular complexity index is 502. The average Bonchev–Trinajstić information content (AvgIpc) is 2.39. The topological polar surface area (TPSA) is 21.3 Å². The largest absolute Gasteiger partial charge is 0.491 e. The van der Waals surface area contributed by atoms with Crippen molar-refractivity contribution in [3.05, 3.63) is 42.5 Å². The van der Waals surface area contributed by atoms with Gasteiger partial charge in [0.1, 0.15) is 12.4 Å². The van der Waals surface area contributed by atoms with Crippen LogP contribution in [0.5, 0.6) is 5.75 Å². The summed E-state index contributed by atoms with van der Waals surface area (Å²) in [5.74, 6) is 1.53. The first-order valence-corrected chi connectivity index (χ1v) is 6.50. The van der Waals surface area contributed by atoms with E-state index in [-0.39, 0.29) is 0 Å². The third kappa shape index (κ3) is 2.82. The molecule has 2 rings (SSSR count). The van der Waals surface area contributed by atoms with Gasteiger partial charge in [-0.2, -0.15) is 0 Å². The van der Waals surface area contributed by atoms with Crippen LogP contribution < -0.4 is 10.1 Å². The molecule has 0 saturated heterocycles. The molecule has 0 saturated carbocycles. The molecule has 2 heteroatoms. The molecular weight excluding hydrogens is 222 g/mol. The summed E-state index contributed by atoms with van der Waals surface area (Å²) in [6, 6.07) is 14.9. The van der Waals surface area contributed by atoms with Gasteiger partial charge in [-0.05, 0) is 24.4 Å². The van der Waals surface area contributed by atoms with Crippen molar-refractivity contribution in [2.75, 3.05) is 13.7 Å². The third-order valence-corrected chi connectivity index (χ3v) is 3.34. The van der Waals surface area contributed by atoms with Crippen LogP contribution in [0.4, 0.5) is 0 Å². The maximum absolute atomic E-state index is 5.97. The fourth-order valence-electron chi connectivity index (χ4n) is 2.11. The first-order chi connectivity index (χ1) is 8.72. The maximum atomic E-state index is 5.97. The lowest BCUT2D eigenvalue weighted by Crippen LogP contribution is -2.36. The summed E-state index contributed by atoms with van der Waals surface area (Å²) >= 11 is 0. The molecule has 0 bridgehead atoms. The van der Waals surface area contributed by atoms with Crippen molar-refractivity contribution >= 4 is 10.8 Å². The average molecular weight is 243 g/mol. The van der Waals surface area contributed by atoms with E-state index in [1.54, 1.807) is 0 Å². The number of hydrogen-bond donors (Lipinski definition) is 1. The summed E-state index contributed by atoms with van der Waals surface area (Å²) in [6.45, 7) is 5.10. The van der Waals surface area contributed by atoms with Gasteiger partial charge in [0, 0.05) is 11.4 Å². The monoisotopic (exact) mass is 243 g/mol. The van der Waals surface area contributed by atoms with Gasteiger partial charge in [0.2, 0.25) is 0 Å². The zero-order chi connectivity index (χ0) is 13.0. The Hall–Kier alpha value is -1.54. The fourth-order valence-corrected chi connectivity index (χ4v) is 2.11. The molecule has 0 radical (unpaired) electrons. The second kappa shape index (κ2) is 5.87. The zero-order valence-corrected chi connectivity index (χ0v) is 11.3. The highest BCUT2D eigenvalue weighted by molar-refractivity contribution is 5.88.